The van der Waals surface area contributed by atoms with E-state index < -0.39 is 0 Å². The number of fused-ring (bicyclic) bond motifs is 2. The summed E-state index contributed by atoms with van der Waals surface area (Å²) in [6, 6.07) is 28.2. The van der Waals surface area contributed by atoms with Gasteiger partial charge in [-0.1, -0.05) is 54.6 Å². The Balaban J connectivity index is 1.31. The highest BCUT2D eigenvalue weighted by molar-refractivity contribution is 9.11. The van der Waals surface area contributed by atoms with Crippen molar-refractivity contribution < 1.29 is 9.53 Å². The van der Waals surface area contributed by atoms with Crippen LogP contribution in [-0.2, 0) is 17.9 Å². The van der Waals surface area contributed by atoms with Crippen molar-refractivity contribution in [3.05, 3.63) is 121 Å². The lowest BCUT2D eigenvalue weighted by Crippen LogP contribution is -2.25. The Kier molecular flexibility index (Phi) is 7.48. The molecule has 0 unspecified atom stereocenters. The number of carbonyl (C=O) groups is 1. The van der Waals surface area contributed by atoms with Crippen molar-refractivity contribution in [1.82, 2.24) is 9.99 Å². The number of para-hydroxylation sites is 2. The molecule has 1 N–H and O–H groups in total. The predicted molar refractivity (Wildman–Crippen MR) is 154 cm³/mol. The fraction of sp³-hybridized carbons (Fsp3) is 0.0690. The normalized spacial score (nSPS) is 11.3. The zero-order chi connectivity index (χ0) is 25.8. The zero-order valence-corrected chi connectivity index (χ0v) is 22.7. The fourth-order valence-corrected chi connectivity index (χ4v) is 5.58. The van der Waals surface area contributed by atoms with Crippen molar-refractivity contribution in [3.63, 3.8) is 0 Å². The number of carbonyl (C=O) groups excluding carboxylic acids is 1. The van der Waals surface area contributed by atoms with Crippen LogP contribution in [0.1, 0.15) is 11.1 Å². The van der Waals surface area contributed by atoms with Crippen LogP contribution in [0.25, 0.3) is 21.8 Å². The van der Waals surface area contributed by atoms with Gasteiger partial charge in [-0.05, 0) is 79.4 Å². The van der Waals surface area contributed by atoms with Crippen LogP contribution in [0.5, 0.6) is 5.75 Å². The Hall–Kier alpha value is -3.75. The summed E-state index contributed by atoms with van der Waals surface area (Å²) in [4.78, 5) is 25.7. The van der Waals surface area contributed by atoms with Gasteiger partial charge in [-0.2, -0.15) is 5.10 Å². The van der Waals surface area contributed by atoms with Gasteiger partial charge in [0, 0.05) is 10.8 Å². The number of nitrogens with one attached hydrogen (secondary N) is 1. The van der Waals surface area contributed by atoms with Crippen molar-refractivity contribution in [2.45, 2.75) is 13.2 Å². The number of halogens is 2. The van der Waals surface area contributed by atoms with Gasteiger partial charge in [-0.25, -0.2) is 5.43 Å². The van der Waals surface area contributed by atoms with E-state index in [4.69, 9.17) is 4.74 Å². The third-order valence-electron chi connectivity index (χ3n) is 5.83. The summed E-state index contributed by atoms with van der Waals surface area (Å²) in [5.41, 5.74) is 5.78. The van der Waals surface area contributed by atoms with E-state index >= 15 is 0 Å². The second kappa shape index (κ2) is 11.1. The highest BCUT2D eigenvalue weighted by Gasteiger charge is 2.13. The van der Waals surface area contributed by atoms with Gasteiger partial charge in [-0.3, -0.25) is 9.59 Å². The molecule has 1 aromatic heterocycles. The van der Waals surface area contributed by atoms with Crippen molar-refractivity contribution in [3.8, 4) is 5.75 Å². The van der Waals surface area contributed by atoms with Gasteiger partial charge >= 0.3 is 0 Å². The molecule has 0 bridgehead atoms. The number of pyridine rings is 1. The largest absolute Gasteiger partial charge is 0.487 e. The van der Waals surface area contributed by atoms with Crippen LogP contribution >= 0.6 is 31.9 Å². The van der Waals surface area contributed by atoms with Crippen LogP contribution in [-0.4, -0.2) is 16.7 Å². The van der Waals surface area contributed by atoms with Crippen LogP contribution < -0.4 is 15.6 Å². The minimum atomic E-state index is -0.309. The van der Waals surface area contributed by atoms with Crippen LogP contribution in [0.3, 0.4) is 0 Å². The van der Waals surface area contributed by atoms with E-state index in [1.807, 2.05) is 83.4 Å². The molecule has 184 valence electrons. The lowest BCUT2D eigenvalue weighted by atomic mass is 10.1. The Morgan fingerprint density at radius 2 is 1.43 bits per heavy atom. The quantitative estimate of drug-likeness (QED) is 0.130. The topological polar surface area (TPSA) is 72.7 Å². The van der Waals surface area contributed by atoms with Crippen LogP contribution in [0.15, 0.2) is 110 Å². The number of hydrogen-bond donors (Lipinski definition) is 1. The molecule has 5 aromatic rings. The predicted octanol–water partition coefficient (Wildman–Crippen LogP) is 6.41. The lowest BCUT2D eigenvalue weighted by Gasteiger charge is -2.14. The Morgan fingerprint density at radius 1 is 0.865 bits per heavy atom. The summed E-state index contributed by atoms with van der Waals surface area (Å²) in [7, 11) is 0. The van der Waals surface area contributed by atoms with Crippen LogP contribution in [0.4, 0.5) is 0 Å². The summed E-state index contributed by atoms with van der Waals surface area (Å²) in [6.07, 6.45) is 1.57. The van der Waals surface area contributed by atoms with Gasteiger partial charge in [0.2, 0.25) is 0 Å². The van der Waals surface area contributed by atoms with Gasteiger partial charge in [0.05, 0.1) is 26.2 Å². The molecule has 0 saturated carbocycles. The number of rotatable bonds is 7. The molecule has 6 nitrogen and oxygen atoms in total. The molecule has 0 radical (unpaired) electrons. The molecule has 4 aromatic carbocycles. The van der Waals surface area contributed by atoms with Gasteiger partial charge in [0.15, 0.2) is 5.43 Å². The van der Waals surface area contributed by atoms with E-state index in [1.54, 1.807) is 18.3 Å². The monoisotopic (exact) mass is 617 g/mol. The number of aromatic nitrogens is 1. The number of hydrazone groups is 1. The standard InChI is InChI=1S/C29H21Br2N3O3/c30-23-14-20(15-24(31)29(23)37-18-19-8-2-1-3-9-19)16-32-33-27(35)17-34-25-12-6-4-10-21(25)28(36)22-11-5-7-13-26(22)34/h1-16H,17-18H2,(H,33,35)/b32-16+. The highest BCUT2D eigenvalue weighted by atomic mass is 79.9. The summed E-state index contributed by atoms with van der Waals surface area (Å²) in [5.74, 6) is 0.373. The fourth-order valence-electron chi connectivity index (χ4n) is 4.13. The molecule has 37 heavy (non-hydrogen) atoms. The van der Waals surface area contributed by atoms with E-state index in [0.717, 1.165) is 20.1 Å². The van der Waals surface area contributed by atoms with Gasteiger partial charge in [-0.15, -0.1) is 0 Å². The molecule has 1 amide bonds. The molecule has 0 atom stereocenters. The number of hydrogen-bond acceptors (Lipinski definition) is 4. The maximum atomic E-state index is 12.9. The first-order chi connectivity index (χ1) is 18.0. The Bertz CT molecular complexity index is 1620. The third kappa shape index (κ3) is 5.50. The minimum absolute atomic E-state index is 0.0122. The van der Waals surface area contributed by atoms with Gasteiger partial charge in [0.25, 0.3) is 5.91 Å². The maximum Gasteiger partial charge on any atom is 0.260 e. The van der Waals surface area contributed by atoms with Crippen LogP contribution in [0, 0.1) is 0 Å². The second-order valence-electron chi connectivity index (χ2n) is 8.33. The van der Waals surface area contributed by atoms with Crippen molar-refractivity contribution in [2.75, 3.05) is 0 Å². The molecular weight excluding hydrogens is 598 g/mol. The first-order valence-corrected chi connectivity index (χ1v) is 13.1. The van der Waals surface area contributed by atoms with E-state index in [2.05, 4.69) is 42.4 Å². The minimum Gasteiger partial charge on any atom is -0.487 e. The number of benzene rings is 4. The van der Waals surface area contributed by atoms with E-state index in [0.29, 0.717) is 34.2 Å². The summed E-state index contributed by atoms with van der Waals surface area (Å²) in [6.45, 7) is 0.453. The van der Waals surface area contributed by atoms with Gasteiger partial charge < -0.3 is 9.30 Å². The average molecular weight is 619 g/mol. The van der Waals surface area contributed by atoms with Crippen LogP contribution in [0.2, 0.25) is 0 Å². The number of ether oxygens (including phenoxy) is 1. The molecule has 0 aliphatic rings. The SMILES string of the molecule is O=C(Cn1c2ccccc2c(=O)c2ccccc21)N/N=C/c1cc(Br)c(OCc2ccccc2)c(Br)c1. The third-order valence-corrected chi connectivity index (χ3v) is 7.01. The highest BCUT2D eigenvalue weighted by Crippen LogP contribution is 2.35. The van der Waals surface area contributed by atoms with Crippen molar-refractivity contribution in [2.24, 2.45) is 5.10 Å². The molecule has 8 heteroatoms. The molecule has 0 aliphatic carbocycles. The molecule has 1 heterocycles. The summed E-state index contributed by atoms with van der Waals surface area (Å²) in [5, 5.41) is 5.28. The smallest absolute Gasteiger partial charge is 0.260 e. The van der Waals surface area contributed by atoms with E-state index in [9.17, 15) is 9.59 Å². The Morgan fingerprint density at radius 3 is 2.05 bits per heavy atom. The maximum absolute atomic E-state index is 12.9. The van der Waals surface area contributed by atoms with E-state index in [-0.39, 0.29) is 17.9 Å². The number of nitrogens with zero attached hydrogens (tertiary/aromatic N) is 2. The number of amides is 1. The first-order valence-electron chi connectivity index (χ1n) is 11.5. The second-order valence-corrected chi connectivity index (χ2v) is 10.0. The van der Waals surface area contributed by atoms with Crippen molar-refractivity contribution in [1.29, 1.82) is 0 Å². The molecular formula is C29H21Br2N3O3. The lowest BCUT2D eigenvalue weighted by molar-refractivity contribution is -0.121. The molecule has 0 saturated heterocycles. The first kappa shape index (κ1) is 24.9. The summed E-state index contributed by atoms with van der Waals surface area (Å²) >= 11 is 7.11. The molecule has 0 spiro atoms. The molecule has 5 rings (SSSR count). The van der Waals surface area contributed by atoms with E-state index in [1.165, 1.54) is 0 Å². The molecule has 0 aliphatic heterocycles. The average Bonchev–Trinajstić information content (AvgIpc) is 2.91. The summed E-state index contributed by atoms with van der Waals surface area (Å²) < 4.78 is 9.32. The van der Waals surface area contributed by atoms with Gasteiger partial charge in [0.1, 0.15) is 18.9 Å². The zero-order valence-electron chi connectivity index (χ0n) is 19.5. The Labute approximate surface area is 229 Å². The molecule has 0 fully saturated rings. The van der Waals surface area contributed by atoms with Crippen molar-refractivity contribution >= 4 is 65.8 Å².